The quantitative estimate of drug-likeness (QED) is 0.533. The molecule has 0 aromatic heterocycles. The molecular formula is C13H9Br2ClN2O2. The molecule has 2 aromatic carbocycles. The highest BCUT2D eigenvalue weighted by atomic mass is 79.9. The lowest BCUT2D eigenvalue weighted by atomic mass is 10.2. The first-order valence-electron chi connectivity index (χ1n) is 5.59. The van der Waals surface area contributed by atoms with Crippen molar-refractivity contribution in [1.82, 2.24) is 0 Å². The Hall–Kier alpha value is -1.11. The molecule has 7 heteroatoms. The van der Waals surface area contributed by atoms with Crippen molar-refractivity contribution in [3.05, 3.63) is 66.0 Å². The van der Waals surface area contributed by atoms with Crippen LogP contribution in [-0.4, -0.2) is 4.92 Å². The molecule has 0 aliphatic rings. The molecule has 104 valence electrons. The Bertz CT molecular complexity index is 665. The molecule has 0 aliphatic heterocycles. The summed E-state index contributed by atoms with van der Waals surface area (Å²) < 4.78 is 1.59. The second-order valence-corrected chi connectivity index (χ2v) is 6.19. The first kappa shape index (κ1) is 15.3. The van der Waals surface area contributed by atoms with Crippen LogP contribution in [0.5, 0.6) is 0 Å². The van der Waals surface area contributed by atoms with E-state index >= 15 is 0 Å². The maximum absolute atomic E-state index is 10.7. The van der Waals surface area contributed by atoms with E-state index in [-0.39, 0.29) is 5.69 Å². The van der Waals surface area contributed by atoms with E-state index in [9.17, 15) is 10.1 Å². The van der Waals surface area contributed by atoms with Gasteiger partial charge in [-0.25, -0.2) is 0 Å². The molecular weight excluding hydrogens is 411 g/mol. The molecule has 0 atom stereocenters. The second-order valence-electron chi connectivity index (χ2n) is 4.01. The zero-order valence-electron chi connectivity index (χ0n) is 10.1. The van der Waals surface area contributed by atoms with Crippen molar-refractivity contribution in [3.63, 3.8) is 0 Å². The lowest BCUT2D eigenvalue weighted by Gasteiger charge is -2.10. The van der Waals surface area contributed by atoms with Crippen molar-refractivity contribution in [2.24, 2.45) is 0 Å². The van der Waals surface area contributed by atoms with Gasteiger partial charge >= 0.3 is 0 Å². The zero-order valence-corrected chi connectivity index (χ0v) is 14.0. The van der Waals surface area contributed by atoms with E-state index in [1.165, 1.54) is 12.1 Å². The summed E-state index contributed by atoms with van der Waals surface area (Å²) in [5.41, 5.74) is 1.78. The van der Waals surface area contributed by atoms with Gasteiger partial charge in [-0.1, -0.05) is 43.5 Å². The van der Waals surface area contributed by atoms with Crippen LogP contribution in [0.25, 0.3) is 0 Å². The van der Waals surface area contributed by atoms with E-state index in [4.69, 9.17) is 11.6 Å². The molecule has 0 aliphatic carbocycles. The SMILES string of the molecule is O=[N+]([O-])c1ccc(CNc2ccc(Br)cc2Cl)c(Br)c1. The lowest BCUT2D eigenvalue weighted by molar-refractivity contribution is -0.384. The molecule has 20 heavy (non-hydrogen) atoms. The average molecular weight is 420 g/mol. The molecule has 0 unspecified atom stereocenters. The molecule has 0 bridgehead atoms. The van der Waals surface area contributed by atoms with Gasteiger partial charge in [-0.3, -0.25) is 10.1 Å². The number of nitrogens with zero attached hydrogens (tertiary/aromatic N) is 1. The fourth-order valence-electron chi connectivity index (χ4n) is 1.62. The van der Waals surface area contributed by atoms with Crippen molar-refractivity contribution in [3.8, 4) is 0 Å². The highest BCUT2D eigenvalue weighted by Crippen LogP contribution is 2.28. The Labute approximate surface area is 137 Å². The molecule has 4 nitrogen and oxygen atoms in total. The minimum absolute atomic E-state index is 0.0577. The molecule has 0 saturated heterocycles. The van der Waals surface area contributed by atoms with Crippen LogP contribution in [0.2, 0.25) is 5.02 Å². The van der Waals surface area contributed by atoms with Crippen LogP contribution in [0.4, 0.5) is 11.4 Å². The highest BCUT2D eigenvalue weighted by Gasteiger charge is 2.09. The van der Waals surface area contributed by atoms with E-state index in [0.717, 1.165) is 15.7 Å². The van der Waals surface area contributed by atoms with Gasteiger partial charge in [0.1, 0.15) is 0 Å². The first-order chi connectivity index (χ1) is 9.47. The smallest absolute Gasteiger partial charge is 0.270 e. The Balaban J connectivity index is 2.13. The van der Waals surface area contributed by atoms with Crippen LogP contribution in [-0.2, 0) is 6.54 Å². The fraction of sp³-hybridized carbons (Fsp3) is 0.0769. The number of hydrogen-bond donors (Lipinski definition) is 1. The maximum Gasteiger partial charge on any atom is 0.270 e. The number of nitro benzene ring substituents is 1. The average Bonchev–Trinajstić information content (AvgIpc) is 2.38. The van der Waals surface area contributed by atoms with Crippen molar-refractivity contribution < 1.29 is 4.92 Å². The van der Waals surface area contributed by atoms with Gasteiger partial charge in [0.25, 0.3) is 5.69 Å². The number of non-ortho nitro benzene ring substituents is 1. The summed E-state index contributed by atoms with van der Waals surface area (Å²) in [6, 6.07) is 10.2. The molecule has 0 amide bonds. The molecule has 2 aromatic rings. The van der Waals surface area contributed by atoms with E-state index in [1.807, 2.05) is 12.1 Å². The minimum Gasteiger partial charge on any atom is -0.380 e. The van der Waals surface area contributed by atoms with Gasteiger partial charge in [-0.15, -0.1) is 0 Å². The van der Waals surface area contributed by atoms with Gasteiger partial charge in [-0.2, -0.15) is 0 Å². The summed E-state index contributed by atoms with van der Waals surface area (Å²) in [5.74, 6) is 0. The number of hydrogen-bond acceptors (Lipinski definition) is 3. The predicted octanol–water partition coefficient (Wildman–Crippen LogP) is 5.39. The van der Waals surface area contributed by atoms with E-state index in [0.29, 0.717) is 16.0 Å². The summed E-state index contributed by atoms with van der Waals surface area (Å²) in [4.78, 5) is 10.2. The van der Waals surface area contributed by atoms with Crippen molar-refractivity contribution >= 4 is 54.8 Å². The van der Waals surface area contributed by atoms with Crippen LogP contribution >= 0.6 is 43.5 Å². The number of nitrogens with one attached hydrogen (secondary N) is 1. The lowest BCUT2D eigenvalue weighted by Crippen LogP contribution is -2.01. The number of nitro groups is 1. The number of rotatable bonds is 4. The predicted molar refractivity (Wildman–Crippen MR) is 87.3 cm³/mol. The Morgan fingerprint density at radius 1 is 1.20 bits per heavy atom. The largest absolute Gasteiger partial charge is 0.380 e. The molecule has 0 saturated carbocycles. The summed E-state index contributed by atoms with van der Waals surface area (Å²) in [7, 11) is 0. The molecule has 0 heterocycles. The second kappa shape index (κ2) is 6.56. The van der Waals surface area contributed by atoms with Crippen LogP contribution in [0.3, 0.4) is 0 Å². The van der Waals surface area contributed by atoms with Crippen LogP contribution in [0, 0.1) is 10.1 Å². The van der Waals surface area contributed by atoms with Gasteiger partial charge in [0.05, 0.1) is 15.6 Å². The normalized spacial score (nSPS) is 10.3. The Morgan fingerprint density at radius 2 is 1.95 bits per heavy atom. The Morgan fingerprint density at radius 3 is 2.55 bits per heavy atom. The summed E-state index contributed by atoms with van der Waals surface area (Å²) in [6.45, 7) is 0.514. The third-order valence-electron chi connectivity index (χ3n) is 2.65. The van der Waals surface area contributed by atoms with E-state index in [2.05, 4.69) is 37.2 Å². The number of anilines is 1. The fourth-order valence-corrected chi connectivity index (χ4v) is 2.86. The molecule has 1 N–H and O–H groups in total. The van der Waals surface area contributed by atoms with Gasteiger partial charge in [0.2, 0.25) is 0 Å². The maximum atomic E-state index is 10.7. The van der Waals surface area contributed by atoms with Crippen molar-refractivity contribution in [2.75, 3.05) is 5.32 Å². The number of benzene rings is 2. The molecule has 0 fully saturated rings. The van der Waals surface area contributed by atoms with Crippen LogP contribution in [0.1, 0.15) is 5.56 Å². The van der Waals surface area contributed by atoms with Crippen molar-refractivity contribution in [2.45, 2.75) is 6.54 Å². The standard InChI is InChI=1S/C13H9Br2ClN2O2/c14-9-2-4-13(12(16)5-9)17-7-8-1-3-10(18(19)20)6-11(8)15/h1-6,17H,7H2. The topological polar surface area (TPSA) is 55.2 Å². The molecule has 2 rings (SSSR count). The van der Waals surface area contributed by atoms with Gasteiger partial charge in [0, 0.05) is 27.6 Å². The molecule has 0 radical (unpaired) electrons. The van der Waals surface area contributed by atoms with Crippen LogP contribution in [0.15, 0.2) is 45.3 Å². The summed E-state index contributed by atoms with van der Waals surface area (Å²) in [5, 5.41) is 14.5. The van der Waals surface area contributed by atoms with Crippen LogP contribution < -0.4 is 5.32 Å². The summed E-state index contributed by atoms with van der Waals surface area (Å²) >= 11 is 12.8. The van der Waals surface area contributed by atoms with E-state index in [1.54, 1.807) is 12.1 Å². The van der Waals surface area contributed by atoms with Gasteiger partial charge < -0.3 is 5.32 Å². The van der Waals surface area contributed by atoms with Gasteiger partial charge in [-0.05, 0) is 29.8 Å². The summed E-state index contributed by atoms with van der Waals surface area (Å²) in [6.07, 6.45) is 0. The molecule has 0 spiro atoms. The highest BCUT2D eigenvalue weighted by molar-refractivity contribution is 9.10. The van der Waals surface area contributed by atoms with E-state index < -0.39 is 4.92 Å². The Kier molecular flexibility index (Phi) is 5.01. The third-order valence-corrected chi connectivity index (χ3v) is 4.19. The van der Waals surface area contributed by atoms with Gasteiger partial charge in [0.15, 0.2) is 0 Å². The number of halogens is 3. The third kappa shape index (κ3) is 3.71. The minimum atomic E-state index is -0.423. The van der Waals surface area contributed by atoms with Crippen molar-refractivity contribution in [1.29, 1.82) is 0 Å². The monoisotopic (exact) mass is 418 g/mol. The first-order valence-corrected chi connectivity index (χ1v) is 7.55. The zero-order chi connectivity index (χ0) is 14.7.